The smallest absolute Gasteiger partial charge is 0.321 e. The van der Waals surface area contributed by atoms with Crippen molar-refractivity contribution in [2.45, 2.75) is 45.1 Å². The van der Waals surface area contributed by atoms with Crippen LogP contribution >= 0.6 is 0 Å². The number of carbonyl (C=O) groups excluding carboxylic acids is 1. The Morgan fingerprint density at radius 1 is 1.28 bits per heavy atom. The lowest BCUT2D eigenvalue weighted by Gasteiger charge is -2.12. The molecule has 0 aliphatic rings. The highest BCUT2D eigenvalue weighted by molar-refractivity contribution is 5.81. The first-order valence-corrected chi connectivity index (χ1v) is 6.34. The van der Waals surface area contributed by atoms with Gasteiger partial charge in [0.15, 0.2) is 0 Å². The zero-order valence-electron chi connectivity index (χ0n) is 10.9. The minimum absolute atomic E-state index is 0.140. The molecule has 106 valence electrons. The molecule has 0 radical (unpaired) electrons. The Kier molecular flexibility index (Phi) is 10.3. The van der Waals surface area contributed by atoms with Crippen molar-refractivity contribution in [2.24, 2.45) is 0 Å². The second kappa shape index (κ2) is 11.0. The summed E-state index contributed by atoms with van der Waals surface area (Å²) in [6, 6.07) is -1.000. The maximum Gasteiger partial charge on any atom is 0.321 e. The average molecular weight is 261 g/mol. The summed E-state index contributed by atoms with van der Waals surface area (Å²) in [6.45, 7) is 2.40. The zero-order chi connectivity index (χ0) is 13.8. The highest BCUT2D eigenvalue weighted by Gasteiger charge is 2.21. The largest absolute Gasteiger partial charge is 0.480 e. The Morgan fingerprint density at radius 3 is 2.56 bits per heavy atom. The molecule has 1 atom stereocenters. The molecular weight excluding hydrogens is 238 g/mol. The molecule has 0 aromatic heterocycles. The molecule has 0 aliphatic heterocycles. The molecule has 0 amide bonds. The highest BCUT2D eigenvalue weighted by atomic mass is 16.5. The Bertz CT molecular complexity index is 245. The molecule has 18 heavy (non-hydrogen) atoms. The highest BCUT2D eigenvalue weighted by Crippen LogP contribution is 2.01. The standard InChI is InChI=1S/C12H23NO5/c1-2-3-4-5-8-18-11(15)9-10(12(16)17)13-6-7-14/h10,13-14H,2-9H2,1H3,(H,16,17)/t10-/m0/s1. The van der Waals surface area contributed by atoms with Crippen LogP contribution in [0.3, 0.4) is 0 Å². The van der Waals surface area contributed by atoms with E-state index in [2.05, 4.69) is 12.2 Å². The van der Waals surface area contributed by atoms with E-state index in [1.165, 1.54) is 0 Å². The fraction of sp³-hybridized carbons (Fsp3) is 0.833. The topological polar surface area (TPSA) is 95.9 Å². The van der Waals surface area contributed by atoms with Crippen LogP contribution in [0.5, 0.6) is 0 Å². The number of ether oxygens (including phenoxy) is 1. The summed E-state index contributed by atoms with van der Waals surface area (Å²) in [6.07, 6.45) is 3.81. The number of esters is 1. The molecule has 6 heteroatoms. The minimum atomic E-state index is -1.12. The number of rotatable bonds is 11. The van der Waals surface area contributed by atoms with Gasteiger partial charge in [0.25, 0.3) is 0 Å². The molecular formula is C12H23NO5. The van der Waals surface area contributed by atoms with Crippen LogP contribution in [0.1, 0.15) is 39.0 Å². The summed E-state index contributed by atoms with van der Waals surface area (Å²) in [4.78, 5) is 22.2. The third-order valence-corrected chi connectivity index (χ3v) is 2.43. The molecule has 0 saturated carbocycles. The van der Waals surface area contributed by atoms with Gasteiger partial charge < -0.3 is 20.3 Å². The average Bonchev–Trinajstić information content (AvgIpc) is 2.33. The third-order valence-electron chi connectivity index (χ3n) is 2.43. The van der Waals surface area contributed by atoms with Gasteiger partial charge in [-0.2, -0.15) is 0 Å². The van der Waals surface area contributed by atoms with Crippen molar-refractivity contribution >= 4 is 11.9 Å². The van der Waals surface area contributed by atoms with Crippen LogP contribution in [0.4, 0.5) is 0 Å². The van der Waals surface area contributed by atoms with Crippen molar-refractivity contribution in [3.05, 3.63) is 0 Å². The van der Waals surface area contributed by atoms with Crippen LogP contribution in [0.25, 0.3) is 0 Å². The van der Waals surface area contributed by atoms with E-state index < -0.39 is 18.0 Å². The zero-order valence-corrected chi connectivity index (χ0v) is 10.9. The number of aliphatic carboxylic acids is 1. The summed E-state index contributed by atoms with van der Waals surface area (Å²) >= 11 is 0. The lowest BCUT2D eigenvalue weighted by Crippen LogP contribution is -2.40. The van der Waals surface area contributed by atoms with Gasteiger partial charge in [0.1, 0.15) is 6.04 Å². The predicted octanol–water partition coefficient (Wildman–Crippen LogP) is 0.535. The fourth-order valence-electron chi connectivity index (χ4n) is 1.43. The number of carboxylic acids is 1. The quantitative estimate of drug-likeness (QED) is 0.371. The molecule has 0 spiro atoms. The SMILES string of the molecule is CCCCCCOC(=O)C[C@H](NCCO)C(=O)O. The number of aliphatic hydroxyl groups is 1. The predicted molar refractivity (Wildman–Crippen MR) is 66.2 cm³/mol. The summed E-state index contributed by atoms with van der Waals surface area (Å²) in [5.41, 5.74) is 0. The molecule has 0 saturated heterocycles. The van der Waals surface area contributed by atoms with Gasteiger partial charge in [-0.1, -0.05) is 26.2 Å². The second-order valence-corrected chi connectivity index (χ2v) is 4.05. The van der Waals surface area contributed by atoms with E-state index in [-0.39, 0.29) is 19.6 Å². The number of nitrogens with one attached hydrogen (secondary N) is 1. The number of hydrogen-bond acceptors (Lipinski definition) is 5. The number of carboxylic acid groups (broad SMARTS) is 1. The number of unbranched alkanes of at least 4 members (excludes halogenated alkanes) is 3. The number of aliphatic hydroxyl groups excluding tert-OH is 1. The van der Waals surface area contributed by atoms with Crippen LogP contribution in [0.15, 0.2) is 0 Å². The fourth-order valence-corrected chi connectivity index (χ4v) is 1.43. The third kappa shape index (κ3) is 8.95. The van der Waals surface area contributed by atoms with Gasteiger partial charge in [0.05, 0.1) is 19.6 Å². The van der Waals surface area contributed by atoms with Crippen LogP contribution in [-0.2, 0) is 14.3 Å². The first-order chi connectivity index (χ1) is 8.61. The first-order valence-electron chi connectivity index (χ1n) is 6.34. The van der Waals surface area contributed by atoms with Crippen LogP contribution < -0.4 is 5.32 Å². The van der Waals surface area contributed by atoms with E-state index in [0.29, 0.717) is 6.61 Å². The van der Waals surface area contributed by atoms with E-state index >= 15 is 0 Å². The van der Waals surface area contributed by atoms with Gasteiger partial charge >= 0.3 is 11.9 Å². The van der Waals surface area contributed by atoms with Gasteiger partial charge in [-0.15, -0.1) is 0 Å². The Hall–Kier alpha value is -1.14. The second-order valence-electron chi connectivity index (χ2n) is 4.05. The first kappa shape index (κ1) is 16.9. The van der Waals surface area contributed by atoms with Gasteiger partial charge in [-0.05, 0) is 6.42 Å². The normalized spacial score (nSPS) is 12.1. The van der Waals surface area contributed by atoms with Gasteiger partial charge in [0, 0.05) is 6.54 Å². The van der Waals surface area contributed by atoms with E-state index in [1.54, 1.807) is 0 Å². The van der Waals surface area contributed by atoms with E-state index in [1.807, 2.05) is 0 Å². The molecule has 6 nitrogen and oxygen atoms in total. The molecule has 0 aromatic carbocycles. The summed E-state index contributed by atoms with van der Waals surface area (Å²) < 4.78 is 4.94. The van der Waals surface area contributed by atoms with Gasteiger partial charge in [-0.3, -0.25) is 9.59 Å². The minimum Gasteiger partial charge on any atom is -0.480 e. The van der Waals surface area contributed by atoms with Gasteiger partial charge in [-0.25, -0.2) is 0 Å². The summed E-state index contributed by atoms with van der Waals surface area (Å²) in [5, 5.41) is 20.0. The van der Waals surface area contributed by atoms with E-state index in [4.69, 9.17) is 14.9 Å². The summed E-state index contributed by atoms with van der Waals surface area (Å²) in [5.74, 6) is -1.64. The van der Waals surface area contributed by atoms with Gasteiger partial charge in [0.2, 0.25) is 0 Å². The molecule has 3 N–H and O–H groups in total. The molecule has 0 aromatic rings. The lowest BCUT2D eigenvalue weighted by molar-refractivity contribution is -0.149. The van der Waals surface area contributed by atoms with E-state index in [9.17, 15) is 9.59 Å². The molecule has 0 rings (SSSR count). The van der Waals surface area contributed by atoms with Crippen molar-refractivity contribution in [3.63, 3.8) is 0 Å². The van der Waals surface area contributed by atoms with Crippen molar-refractivity contribution < 1.29 is 24.5 Å². The number of hydrogen-bond donors (Lipinski definition) is 3. The van der Waals surface area contributed by atoms with Crippen LogP contribution in [0.2, 0.25) is 0 Å². The van der Waals surface area contributed by atoms with Crippen LogP contribution in [-0.4, -0.2) is 48.0 Å². The van der Waals surface area contributed by atoms with Crippen molar-refractivity contribution in [2.75, 3.05) is 19.8 Å². The maximum absolute atomic E-state index is 11.4. The summed E-state index contributed by atoms with van der Waals surface area (Å²) in [7, 11) is 0. The molecule has 0 unspecified atom stereocenters. The Balaban J connectivity index is 3.77. The Morgan fingerprint density at radius 2 is 2.00 bits per heavy atom. The molecule has 0 fully saturated rings. The number of carbonyl (C=O) groups is 2. The molecule has 0 bridgehead atoms. The Labute approximate surface area is 107 Å². The monoisotopic (exact) mass is 261 g/mol. The van der Waals surface area contributed by atoms with Crippen molar-refractivity contribution in [1.82, 2.24) is 5.32 Å². The molecule has 0 heterocycles. The van der Waals surface area contributed by atoms with Crippen molar-refractivity contribution in [1.29, 1.82) is 0 Å². The van der Waals surface area contributed by atoms with Crippen LogP contribution in [0, 0.1) is 0 Å². The van der Waals surface area contributed by atoms with Crippen molar-refractivity contribution in [3.8, 4) is 0 Å². The lowest BCUT2D eigenvalue weighted by atomic mass is 10.2. The van der Waals surface area contributed by atoms with E-state index in [0.717, 1.165) is 25.7 Å². The molecule has 0 aliphatic carbocycles. The maximum atomic E-state index is 11.4.